The Bertz CT molecular complexity index is 517. The fourth-order valence-electron chi connectivity index (χ4n) is 2.51. The number of thiophene rings is 1. The maximum Gasteiger partial charge on any atom is 0.407 e. The van der Waals surface area contributed by atoms with Crippen molar-refractivity contribution in [1.82, 2.24) is 10.6 Å². The predicted molar refractivity (Wildman–Crippen MR) is 91.3 cm³/mol. The second kappa shape index (κ2) is 6.59. The van der Waals surface area contributed by atoms with E-state index in [1.165, 1.54) is 22.6 Å². The zero-order chi connectivity index (χ0) is 16.4. The number of rotatable bonds is 6. The number of hydrogen-bond donors (Lipinski definition) is 2. The lowest BCUT2D eigenvalue weighted by Crippen LogP contribution is -2.53. The first-order chi connectivity index (χ1) is 10.2. The number of amides is 1. The molecule has 1 amide bonds. The number of carbonyl (C=O) groups excluding carboxylic acids is 1. The summed E-state index contributed by atoms with van der Waals surface area (Å²) in [6.07, 6.45) is 2.11. The van der Waals surface area contributed by atoms with Crippen molar-refractivity contribution >= 4 is 17.4 Å². The number of nitrogens with one attached hydrogen (secondary N) is 2. The highest BCUT2D eigenvalue weighted by Gasteiger charge is 2.41. The van der Waals surface area contributed by atoms with Crippen LogP contribution in [0.4, 0.5) is 4.79 Å². The Morgan fingerprint density at radius 2 is 2.00 bits per heavy atom. The molecule has 1 aromatic heterocycles. The molecule has 0 spiro atoms. The summed E-state index contributed by atoms with van der Waals surface area (Å²) in [6, 6.07) is 4.32. The van der Waals surface area contributed by atoms with E-state index in [1.807, 2.05) is 32.1 Å². The van der Waals surface area contributed by atoms with Gasteiger partial charge in [0.05, 0.1) is 0 Å². The highest BCUT2D eigenvalue weighted by atomic mass is 32.1. The van der Waals surface area contributed by atoms with Gasteiger partial charge in [0.2, 0.25) is 0 Å². The van der Waals surface area contributed by atoms with Crippen molar-refractivity contribution in [3.8, 4) is 0 Å². The van der Waals surface area contributed by atoms with Crippen LogP contribution in [0.2, 0.25) is 0 Å². The summed E-state index contributed by atoms with van der Waals surface area (Å²) in [5.41, 5.74) is -0.531. The van der Waals surface area contributed by atoms with Crippen LogP contribution in [-0.4, -0.2) is 23.8 Å². The zero-order valence-electron chi connectivity index (χ0n) is 14.3. The highest BCUT2D eigenvalue weighted by Crippen LogP contribution is 2.39. The number of alkyl carbamates (subject to hydrolysis) is 1. The number of hydrogen-bond acceptors (Lipinski definition) is 4. The molecule has 1 aliphatic rings. The molecule has 4 nitrogen and oxygen atoms in total. The average molecular weight is 324 g/mol. The Morgan fingerprint density at radius 3 is 2.50 bits per heavy atom. The quantitative estimate of drug-likeness (QED) is 0.836. The summed E-state index contributed by atoms with van der Waals surface area (Å²) in [7, 11) is 0. The van der Waals surface area contributed by atoms with Gasteiger partial charge in [-0.25, -0.2) is 4.79 Å². The van der Waals surface area contributed by atoms with Crippen LogP contribution >= 0.6 is 11.3 Å². The van der Waals surface area contributed by atoms with Crippen LogP contribution in [-0.2, 0) is 11.3 Å². The van der Waals surface area contributed by atoms with E-state index in [1.54, 1.807) is 0 Å². The Hall–Kier alpha value is -1.07. The van der Waals surface area contributed by atoms with Gasteiger partial charge in [-0.1, -0.05) is 0 Å². The second-order valence-corrected chi connectivity index (χ2v) is 8.79. The van der Waals surface area contributed by atoms with Crippen LogP contribution < -0.4 is 10.6 Å². The third kappa shape index (κ3) is 5.29. The summed E-state index contributed by atoms with van der Waals surface area (Å²) >= 11 is 1.82. The Labute approximate surface area is 137 Å². The first kappa shape index (κ1) is 17.3. The second-order valence-electron chi connectivity index (χ2n) is 7.41. The third-order valence-corrected chi connectivity index (χ3v) is 4.94. The van der Waals surface area contributed by atoms with Gasteiger partial charge in [-0.05, 0) is 65.5 Å². The molecule has 22 heavy (non-hydrogen) atoms. The number of aryl methyl sites for hydroxylation is 1. The van der Waals surface area contributed by atoms with Gasteiger partial charge < -0.3 is 15.4 Å². The topological polar surface area (TPSA) is 50.4 Å². The molecule has 1 aromatic rings. The lowest BCUT2D eigenvalue weighted by molar-refractivity contribution is 0.0507. The molecule has 1 aliphatic carbocycles. The zero-order valence-corrected chi connectivity index (χ0v) is 15.1. The number of ether oxygens (including phenoxy) is 1. The molecule has 0 aliphatic heterocycles. The van der Waals surface area contributed by atoms with Crippen LogP contribution in [0.1, 0.15) is 50.3 Å². The maximum atomic E-state index is 11.9. The molecule has 1 fully saturated rings. The van der Waals surface area contributed by atoms with E-state index in [0.717, 1.165) is 6.54 Å². The summed E-state index contributed by atoms with van der Waals surface area (Å²) in [6.45, 7) is 11.4. The van der Waals surface area contributed by atoms with Crippen molar-refractivity contribution in [3.05, 3.63) is 21.9 Å². The normalized spacial score (nSPS) is 17.9. The van der Waals surface area contributed by atoms with Gasteiger partial charge in [-0.2, -0.15) is 0 Å². The van der Waals surface area contributed by atoms with Crippen molar-refractivity contribution in [2.75, 3.05) is 6.54 Å². The lowest BCUT2D eigenvalue weighted by Gasteiger charge is -2.32. The SMILES string of the molecule is Cc1ccc(CNC(C)(CNC(=O)OC(C)(C)C)C2CC2)s1. The monoisotopic (exact) mass is 324 g/mol. The minimum Gasteiger partial charge on any atom is -0.444 e. The van der Waals surface area contributed by atoms with Gasteiger partial charge in [-0.3, -0.25) is 0 Å². The van der Waals surface area contributed by atoms with E-state index in [2.05, 4.69) is 36.6 Å². The molecule has 2 N–H and O–H groups in total. The first-order valence-corrected chi connectivity index (χ1v) is 8.77. The van der Waals surface area contributed by atoms with Gasteiger partial charge in [0.15, 0.2) is 0 Å². The van der Waals surface area contributed by atoms with Crippen LogP contribution in [0.3, 0.4) is 0 Å². The molecule has 124 valence electrons. The Balaban J connectivity index is 1.86. The molecule has 1 unspecified atom stereocenters. The van der Waals surface area contributed by atoms with Crippen molar-refractivity contribution in [3.63, 3.8) is 0 Å². The van der Waals surface area contributed by atoms with Gasteiger partial charge in [0.25, 0.3) is 0 Å². The molecule has 1 heterocycles. The third-order valence-electron chi connectivity index (χ3n) is 3.94. The van der Waals surface area contributed by atoms with E-state index in [9.17, 15) is 4.79 Å². The fourth-order valence-corrected chi connectivity index (χ4v) is 3.34. The molecule has 0 radical (unpaired) electrons. The smallest absolute Gasteiger partial charge is 0.407 e. The standard InChI is InChI=1S/C17H28N2O2S/c1-12-6-9-14(22-12)10-19-17(5,13-7-8-13)11-18-15(20)21-16(2,3)4/h6,9,13,19H,7-8,10-11H2,1-5H3,(H,18,20). The molecule has 1 atom stereocenters. The van der Waals surface area contributed by atoms with Gasteiger partial charge in [0, 0.05) is 28.4 Å². The highest BCUT2D eigenvalue weighted by molar-refractivity contribution is 7.11. The molecular weight excluding hydrogens is 296 g/mol. The van der Waals surface area contributed by atoms with Gasteiger partial charge in [0.1, 0.15) is 5.60 Å². The molecule has 5 heteroatoms. The molecule has 2 rings (SSSR count). The van der Waals surface area contributed by atoms with Crippen LogP contribution in [0, 0.1) is 12.8 Å². The minimum absolute atomic E-state index is 0.0746. The predicted octanol–water partition coefficient (Wildman–Crippen LogP) is 3.84. The largest absolute Gasteiger partial charge is 0.444 e. The van der Waals surface area contributed by atoms with Crippen LogP contribution in [0.25, 0.3) is 0 Å². The lowest BCUT2D eigenvalue weighted by atomic mass is 9.95. The molecule has 1 saturated carbocycles. The van der Waals surface area contributed by atoms with Gasteiger partial charge >= 0.3 is 6.09 Å². The number of carbonyl (C=O) groups is 1. The summed E-state index contributed by atoms with van der Waals surface area (Å²) in [5.74, 6) is 0.628. The summed E-state index contributed by atoms with van der Waals surface area (Å²) in [4.78, 5) is 14.5. The molecule has 0 saturated heterocycles. The van der Waals surface area contributed by atoms with E-state index >= 15 is 0 Å². The summed E-state index contributed by atoms with van der Waals surface area (Å²) < 4.78 is 5.32. The van der Waals surface area contributed by atoms with Crippen molar-refractivity contribution < 1.29 is 9.53 Å². The molecule has 0 bridgehead atoms. The van der Waals surface area contributed by atoms with Gasteiger partial charge in [-0.15, -0.1) is 11.3 Å². The van der Waals surface area contributed by atoms with Crippen molar-refractivity contribution in [2.45, 2.75) is 65.1 Å². The van der Waals surface area contributed by atoms with E-state index in [-0.39, 0.29) is 11.6 Å². The van der Waals surface area contributed by atoms with Crippen LogP contribution in [0.5, 0.6) is 0 Å². The van der Waals surface area contributed by atoms with E-state index in [4.69, 9.17) is 4.74 Å². The van der Waals surface area contributed by atoms with Crippen molar-refractivity contribution in [2.24, 2.45) is 5.92 Å². The summed E-state index contributed by atoms with van der Waals surface area (Å²) in [5, 5.41) is 6.57. The Kier molecular flexibility index (Phi) is 5.17. The fraction of sp³-hybridized carbons (Fsp3) is 0.706. The first-order valence-electron chi connectivity index (χ1n) is 7.95. The average Bonchev–Trinajstić information content (AvgIpc) is 3.16. The van der Waals surface area contributed by atoms with E-state index < -0.39 is 5.60 Å². The van der Waals surface area contributed by atoms with Crippen molar-refractivity contribution in [1.29, 1.82) is 0 Å². The molecule has 0 aromatic carbocycles. The maximum absolute atomic E-state index is 11.9. The van der Waals surface area contributed by atoms with E-state index in [0.29, 0.717) is 12.5 Å². The molecular formula is C17H28N2O2S. The Morgan fingerprint density at radius 1 is 1.32 bits per heavy atom. The van der Waals surface area contributed by atoms with Crippen LogP contribution in [0.15, 0.2) is 12.1 Å². The minimum atomic E-state index is -0.456.